The predicted molar refractivity (Wildman–Crippen MR) is 19.1 cm³/mol. The lowest BCUT2D eigenvalue weighted by Gasteiger charge is -2.00. The van der Waals surface area contributed by atoms with E-state index in [9.17, 15) is 0 Å². The van der Waals surface area contributed by atoms with E-state index in [0.29, 0.717) is 0 Å². The maximum atomic E-state index is 4.60. The molecule has 0 N–H and O–H groups in total. The first-order chi connectivity index (χ1) is 2.27. The summed E-state index contributed by atoms with van der Waals surface area (Å²) in [5, 5.41) is 1.40. The standard InChI is InChI=1S/C3H7NO/c1-4(2)5-3/h3H,1-2H3. The second-order valence-corrected chi connectivity index (χ2v) is 0.918. The third kappa shape index (κ3) is 3.92. The summed E-state index contributed by atoms with van der Waals surface area (Å²) < 4.78 is 0. The van der Waals surface area contributed by atoms with Crippen molar-refractivity contribution in [2.45, 2.75) is 0 Å². The second-order valence-electron chi connectivity index (χ2n) is 0.918. The van der Waals surface area contributed by atoms with Crippen LogP contribution in [0.5, 0.6) is 0 Å². The van der Waals surface area contributed by atoms with Crippen LogP contribution in [-0.2, 0) is 4.84 Å². The highest BCUT2D eigenvalue weighted by atomic mass is 16.7. The third-order valence-electron chi connectivity index (χ3n) is 0.211. The van der Waals surface area contributed by atoms with E-state index < -0.39 is 0 Å². The van der Waals surface area contributed by atoms with Crippen LogP contribution in [0.1, 0.15) is 0 Å². The van der Waals surface area contributed by atoms with Gasteiger partial charge in [-0.15, -0.1) is 0 Å². The van der Waals surface area contributed by atoms with E-state index in [1.807, 2.05) is 0 Å². The molecule has 0 saturated heterocycles. The van der Waals surface area contributed by atoms with E-state index in [-0.39, 0.29) is 0 Å². The fourth-order valence-corrected chi connectivity index (χ4v) is 0. The Hall–Kier alpha value is -0.0800. The highest BCUT2D eigenvalue weighted by molar-refractivity contribution is 4.02. The van der Waals surface area contributed by atoms with Crippen molar-refractivity contribution in [3.63, 3.8) is 0 Å². The van der Waals surface area contributed by atoms with Crippen molar-refractivity contribution in [3.05, 3.63) is 7.11 Å². The van der Waals surface area contributed by atoms with Crippen molar-refractivity contribution in [3.8, 4) is 0 Å². The zero-order valence-corrected chi connectivity index (χ0v) is 3.43. The van der Waals surface area contributed by atoms with Gasteiger partial charge in [-0.1, -0.05) is 0 Å². The topological polar surface area (TPSA) is 12.5 Å². The summed E-state index contributed by atoms with van der Waals surface area (Å²) in [4.78, 5) is 4.08. The molecule has 0 fully saturated rings. The first-order valence-electron chi connectivity index (χ1n) is 1.31. The molecule has 30 valence electrons. The summed E-state index contributed by atoms with van der Waals surface area (Å²) >= 11 is 0. The normalized spacial score (nSPS) is 9.60. The first kappa shape index (κ1) is 4.92. The van der Waals surface area contributed by atoms with Gasteiger partial charge in [0.1, 0.15) is 7.11 Å². The highest BCUT2D eigenvalue weighted by Crippen LogP contribution is 1.66. The van der Waals surface area contributed by atoms with Crippen molar-refractivity contribution in [2.24, 2.45) is 0 Å². The van der Waals surface area contributed by atoms with Crippen molar-refractivity contribution >= 4 is 0 Å². The van der Waals surface area contributed by atoms with Crippen molar-refractivity contribution < 1.29 is 4.84 Å². The van der Waals surface area contributed by atoms with Gasteiger partial charge in [-0.05, 0) is 0 Å². The molecule has 0 aromatic carbocycles. The molecule has 0 aromatic heterocycles. The largest absolute Gasteiger partial charge is 0.290 e. The van der Waals surface area contributed by atoms with E-state index in [1.165, 1.54) is 5.06 Å². The lowest BCUT2D eigenvalue weighted by atomic mass is 11.2. The first-order valence-corrected chi connectivity index (χ1v) is 1.31. The van der Waals surface area contributed by atoms with Crippen LogP contribution in [0.4, 0.5) is 0 Å². The molecule has 0 saturated carbocycles. The lowest BCUT2D eigenvalue weighted by molar-refractivity contribution is -0.0590. The quantitative estimate of drug-likeness (QED) is 0.409. The maximum absolute atomic E-state index is 4.60. The molecule has 2 heteroatoms. The van der Waals surface area contributed by atoms with Gasteiger partial charge in [0.25, 0.3) is 0 Å². The average molecular weight is 73.1 g/mol. The zero-order chi connectivity index (χ0) is 4.28. The van der Waals surface area contributed by atoms with Gasteiger partial charge < -0.3 is 0 Å². The smallest absolute Gasteiger partial charge is 0.141 e. The number of nitrogens with zero attached hydrogens (tertiary/aromatic N) is 1. The fourth-order valence-electron chi connectivity index (χ4n) is 0. The molecule has 0 heterocycles. The summed E-state index contributed by atoms with van der Waals surface area (Å²) in [5.41, 5.74) is 0. The van der Waals surface area contributed by atoms with Crippen LogP contribution < -0.4 is 0 Å². The summed E-state index contributed by atoms with van der Waals surface area (Å²) in [6, 6.07) is 0. The van der Waals surface area contributed by atoms with Gasteiger partial charge in [0, 0.05) is 14.1 Å². The molecule has 0 amide bonds. The molecular formula is C3H7NO. The molecule has 0 bridgehead atoms. The maximum Gasteiger partial charge on any atom is 0.141 e. The van der Waals surface area contributed by atoms with Gasteiger partial charge in [0.15, 0.2) is 0 Å². The molecule has 0 aliphatic heterocycles. The Morgan fingerprint density at radius 1 is 1.60 bits per heavy atom. The summed E-state index contributed by atoms with van der Waals surface area (Å²) in [6.45, 7) is 0. The number of hydroxylamine groups is 2. The van der Waals surface area contributed by atoms with E-state index in [1.54, 1.807) is 14.1 Å². The minimum Gasteiger partial charge on any atom is -0.290 e. The Morgan fingerprint density at radius 3 is 1.80 bits per heavy atom. The molecule has 0 atom stereocenters. The molecule has 2 nitrogen and oxygen atoms in total. The minimum atomic E-state index is 1.40. The monoisotopic (exact) mass is 73.1 g/mol. The third-order valence-corrected chi connectivity index (χ3v) is 0.211. The molecule has 0 aliphatic carbocycles. The van der Waals surface area contributed by atoms with Crippen molar-refractivity contribution in [1.82, 2.24) is 5.06 Å². The van der Waals surface area contributed by atoms with Crippen molar-refractivity contribution in [2.75, 3.05) is 14.1 Å². The zero-order valence-electron chi connectivity index (χ0n) is 3.43. The summed E-state index contributed by atoms with van der Waals surface area (Å²) in [5.74, 6) is 0. The van der Waals surface area contributed by atoms with Gasteiger partial charge in [-0.25, -0.2) is 0 Å². The van der Waals surface area contributed by atoms with E-state index >= 15 is 0 Å². The second kappa shape index (κ2) is 2.18. The average Bonchev–Trinajstić information content (AvgIpc) is 1.38. The van der Waals surface area contributed by atoms with E-state index in [4.69, 9.17) is 0 Å². The molecular weight excluding hydrogens is 66.0 g/mol. The molecule has 0 aromatic rings. The SMILES string of the molecule is [CH]ON(C)C. The van der Waals surface area contributed by atoms with Crippen LogP contribution in [-0.4, -0.2) is 19.2 Å². The number of hydrogen-bond acceptors (Lipinski definition) is 2. The molecule has 2 radical (unpaired) electrons. The van der Waals surface area contributed by atoms with E-state index in [2.05, 4.69) is 11.9 Å². The van der Waals surface area contributed by atoms with E-state index in [0.717, 1.165) is 0 Å². The van der Waals surface area contributed by atoms with Crippen LogP contribution in [0.25, 0.3) is 0 Å². The minimum absolute atomic E-state index is 1.40. The summed E-state index contributed by atoms with van der Waals surface area (Å²) in [6.07, 6.45) is 0. The Balaban J connectivity index is 2.54. The van der Waals surface area contributed by atoms with Gasteiger partial charge in [-0.2, -0.15) is 5.06 Å². The molecule has 0 aliphatic rings. The van der Waals surface area contributed by atoms with Gasteiger partial charge in [-0.3, -0.25) is 4.84 Å². The van der Waals surface area contributed by atoms with Gasteiger partial charge in [0.2, 0.25) is 0 Å². The Morgan fingerprint density at radius 2 is 1.80 bits per heavy atom. The van der Waals surface area contributed by atoms with Crippen LogP contribution in [0.3, 0.4) is 0 Å². The molecule has 0 unspecified atom stereocenters. The Labute approximate surface area is 32.3 Å². The van der Waals surface area contributed by atoms with Gasteiger partial charge >= 0.3 is 0 Å². The van der Waals surface area contributed by atoms with Crippen molar-refractivity contribution in [1.29, 1.82) is 0 Å². The molecule has 0 rings (SSSR count). The highest BCUT2D eigenvalue weighted by Gasteiger charge is 1.71. The Kier molecular flexibility index (Phi) is 2.14. The van der Waals surface area contributed by atoms with Crippen LogP contribution >= 0.6 is 0 Å². The predicted octanol–water partition coefficient (Wildman–Crippen LogP) is 0.148. The Bertz CT molecular complexity index is 20.9. The van der Waals surface area contributed by atoms with Crippen LogP contribution in [0, 0.1) is 7.11 Å². The molecule has 5 heavy (non-hydrogen) atoms. The molecule has 0 spiro atoms. The number of rotatable bonds is 1. The fraction of sp³-hybridized carbons (Fsp3) is 0.667. The lowest BCUT2D eigenvalue weighted by Crippen LogP contribution is -2.06. The summed E-state index contributed by atoms with van der Waals surface area (Å²) in [7, 11) is 8.01. The number of hydrogen-bond donors (Lipinski definition) is 0. The van der Waals surface area contributed by atoms with Crippen LogP contribution in [0.15, 0.2) is 0 Å². The van der Waals surface area contributed by atoms with Crippen LogP contribution in [0.2, 0.25) is 0 Å². The van der Waals surface area contributed by atoms with Gasteiger partial charge in [0.05, 0.1) is 0 Å².